The molecule has 1 aromatic heterocycles. The van der Waals surface area contributed by atoms with Gasteiger partial charge in [0.25, 0.3) is 17.4 Å². The number of anilines is 1. The predicted octanol–water partition coefficient (Wildman–Crippen LogP) is 2.10. The minimum Gasteiger partial charge on any atom is -0.497 e. The second-order valence-corrected chi connectivity index (χ2v) is 8.05. The molecule has 0 radical (unpaired) electrons. The largest absolute Gasteiger partial charge is 0.497 e. The molecule has 2 aromatic carbocycles. The molecular weight excluding hydrogens is 436 g/mol. The number of rotatable bonds is 5. The smallest absolute Gasteiger partial charge is 0.282 e. The van der Waals surface area contributed by atoms with E-state index in [4.69, 9.17) is 9.47 Å². The average Bonchev–Trinajstić information content (AvgIpc) is 3.30. The molecule has 174 valence electrons. The molecule has 9 heteroatoms. The van der Waals surface area contributed by atoms with Crippen molar-refractivity contribution in [3.8, 4) is 11.4 Å². The van der Waals surface area contributed by atoms with Gasteiger partial charge in [0.05, 0.1) is 42.8 Å². The van der Waals surface area contributed by atoms with Gasteiger partial charge < -0.3 is 14.4 Å². The molecule has 34 heavy (non-hydrogen) atoms. The maximum Gasteiger partial charge on any atom is 0.282 e. The number of ether oxygens (including phenoxy) is 2. The van der Waals surface area contributed by atoms with Gasteiger partial charge in [0.15, 0.2) is 0 Å². The van der Waals surface area contributed by atoms with Gasteiger partial charge >= 0.3 is 0 Å². The van der Waals surface area contributed by atoms with E-state index in [1.807, 2.05) is 23.1 Å². The van der Waals surface area contributed by atoms with Gasteiger partial charge in [-0.1, -0.05) is 18.2 Å². The summed E-state index contributed by atoms with van der Waals surface area (Å²) in [5, 5.41) is 3.06. The summed E-state index contributed by atoms with van der Waals surface area (Å²) in [4.78, 5) is 43.9. The van der Waals surface area contributed by atoms with Gasteiger partial charge in [0.1, 0.15) is 11.4 Å². The highest BCUT2D eigenvalue weighted by molar-refractivity contribution is 6.45. The maximum absolute atomic E-state index is 13.8. The molecule has 1 fully saturated rings. The lowest BCUT2D eigenvalue weighted by molar-refractivity contribution is -0.121. The van der Waals surface area contributed by atoms with E-state index in [0.717, 1.165) is 4.90 Å². The molecule has 3 heterocycles. The third-order valence-corrected chi connectivity index (χ3v) is 6.05. The zero-order valence-electron chi connectivity index (χ0n) is 18.9. The van der Waals surface area contributed by atoms with Crippen molar-refractivity contribution < 1.29 is 19.1 Å². The topological polar surface area (TPSA) is 96.9 Å². The van der Waals surface area contributed by atoms with E-state index in [2.05, 4.69) is 5.10 Å². The van der Waals surface area contributed by atoms with E-state index in [1.54, 1.807) is 50.4 Å². The van der Waals surface area contributed by atoms with Crippen LogP contribution in [0.25, 0.3) is 11.3 Å². The van der Waals surface area contributed by atoms with Crippen molar-refractivity contribution in [1.82, 2.24) is 14.7 Å². The third-order valence-electron chi connectivity index (χ3n) is 6.05. The maximum atomic E-state index is 13.8. The van der Waals surface area contributed by atoms with E-state index in [9.17, 15) is 14.4 Å². The third kappa shape index (κ3) is 3.50. The molecule has 0 spiro atoms. The van der Waals surface area contributed by atoms with Crippen LogP contribution >= 0.6 is 0 Å². The van der Waals surface area contributed by atoms with Crippen molar-refractivity contribution in [2.24, 2.45) is 0 Å². The number of H-pyrrole nitrogens is 1. The summed E-state index contributed by atoms with van der Waals surface area (Å²) in [6.45, 7) is 3.49. The fourth-order valence-electron chi connectivity index (χ4n) is 4.39. The van der Waals surface area contributed by atoms with Crippen LogP contribution in [0.1, 0.15) is 11.3 Å². The number of imide groups is 1. The van der Waals surface area contributed by atoms with Gasteiger partial charge in [-0.15, -0.1) is 0 Å². The Bertz CT molecular complexity index is 1330. The summed E-state index contributed by atoms with van der Waals surface area (Å²) in [5.41, 5.74) is 1.70. The molecule has 1 N–H and O–H groups in total. The zero-order valence-corrected chi connectivity index (χ0v) is 18.9. The number of aromatic nitrogens is 2. The molecule has 3 aromatic rings. The van der Waals surface area contributed by atoms with E-state index >= 15 is 0 Å². The number of para-hydroxylation sites is 1. The predicted molar refractivity (Wildman–Crippen MR) is 126 cm³/mol. The summed E-state index contributed by atoms with van der Waals surface area (Å²) in [5.74, 6) is -0.383. The highest BCUT2D eigenvalue weighted by Crippen LogP contribution is 2.35. The Morgan fingerprint density at radius 2 is 1.56 bits per heavy atom. The second kappa shape index (κ2) is 8.68. The van der Waals surface area contributed by atoms with E-state index in [1.165, 1.54) is 4.68 Å². The molecule has 2 aliphatic heterocycles. The number of carbonyl (C=O) groups is 2. The lowest BCUT2D eigenvalue weighted by Gasteiger charge is -2.29. The molecule has 0 saturated carbocycles. The summed E-state index contributed by atoms with van der Waals surface area (Å²) in [6.07, 6.45) is 0. The van der Waals surface area contributed by atoms with Gasteiger partial charge in [-0.2, -0.15) is 0 Å². The Balaban J connectivity index is 1.67. The first-order valence-corrected chi connectivity index (χ1v) is 11.0. The Morgan fingerprint density at radius 3 is 2.21 bits per heavy atom. The number of nitrogens with one attached hydrogen (secondary N) is 1. The second-order valence-electron chi connectivity index (χ2n) is 8.05. The fourth-order valence-corrected chi connectivity index (χ4v) is 4.39. The SMILES string of the molecule is COc1ccc(N2C(=O)C(c3c(C)[nH]n(-c4ccccc4)c3=O)=C(N3CCOCC3)C2=O)cc1. The minimum atomic E-state index is -0.531. The summed E-state index contributed by atoms with van der Waals surface area (Å²) < 4.78 is 12.0. The summed E-state index contributed by atoms with van der Waals surface area (Å²) in [7, 11) is 1.55. The lowest BCUT2D eigenvalue weighted by Crippen LogP contribution is -2.40. The first-order chi connectivity index (χ1) is 16.5. The lowest BCUT2D eigenvalue weighted by atomic mass is 10.0. The number of morpholine rings is 1. The van der Waals surface area contributed by atoms with Crippen molar-refractivity contribution in [3.05, 3.63) is 81.9 Å². The van der Waals surface area contributed by atoms with Crippen LogP contribution in [0.15, 0.2) is 65.1 Å². The minimum absolute atomic E-state index is 0.108. The molecule has 9 nitrogen and oxygen atoms in total. The highest BCUT2D eigenvalue weighted by Gasteiger charge is 2.44. The number of hydrogen-bond donors (Lipinski definition) is 1. The standard InChI is InChI=1S/C25H24N4O5/c1-16-20(24(31)29(26-16)18-6-4-3-5-7-18)21-22(27-12-14-34-15-13-27)25(32)28(23(21)30)17-8-10-19(33-2)11-9-17/h3-11,26H,12-15H2,1-2H3. The van der Waals surface area contributed by atoms with Crippen LogP contribution in [0, 0.1) is 6.92 Å². The number of hydrogen-bond acceptors (Lipinski definition) is 6. The van der Waals surface area contributed by atoms with Crippen molar-refractivity contribution in [2.45, 2.75) is 6.92 Å². The fraction of sp³-hybridized carbons (Fsp3) is 0.240. The van der Waals surface area contributed by atoms with Gasteiger partial charge in [-0.05, 0) is 43.3 Å². The normalized spacial score (nSPS) is 16.5. The highest BCUT2D eigenvalue weighted by atomic mass is 16.5. The van der Waals surface area contributed by atoms with Crippen molar-refractivity contribution in [2.75, 3.05) is 38.3 Å². The number of nitrogens with zero attached hydrogens (tertiary/aromatic N) is 3. The van der Waals surface area contributed by atoms with Crippen LogP contribution in [-0.4, -0.2) is 59.9 Å². The molecule has 0 bridgehead atoms. The van der Waals surface area contributed by atoms with Crippen LogP contribution in [0.4, 0.5) is 5.69 Å². The first-order valence-electron chi connectivity index (χ1n) is 11.0. The summed E-state index contributed by atoms with van der Waals surface area (Å²) in [6, 6.07) is 15.8. The Kier molecular flexibility index (Phi) is 5.54. The Hall–Kier alpha value is -4.11. The monoisotopic (exact) mass is 460 g/mol. The van der Waals surface area contributed by atoms with E-state index in [-0.39, 0.29) is 22.4 Å². The van der Waals surface area contributed by atoms with Gasteiger partial charge in [-0.3, -0.25) is 19.5 Å². The van der Waals surface area contributed by atoms with Crippen LogP contribution in [0.3, 0.4) is 0 Å². The van der Waals surface area contributed by atoms with Gasteiger partial charge in [0.2, 0.25) is 0 Å². The average molecular weight is 460 g/mol. The number of carbonyl (C=O) groups excluding carboxylic acids is 2. The summed E-state index contributed by atoms with van der Waals surface area (Å²) >= 11 is 0. The number of benzene rings is 2. The number of aromatic amines is 1. The van der Waals surface area contributed by atoms with Crippen molar-refractivity contribution in [3.63, 3.8) is 0 Å². The van der Waals surface area contributed by atoms with Crippen molar-refractivity contribution >= 4 is 23.1 Å². The van der Waals surface area contributed by atoms with Gasteiger partial charge in [0, 0.05) is 18.8 Å². The molecule has 2 aliphatic rings. The number of aryl methyl sites for hydroxylation is 1. The molecule has 0 unspecified atom stereocenters. The van der Waals surface area contributed by atoms with Crippen LogP contribution < -0.4 is 15.2 Å². The molecule has 1 saturated heterocycles. The van der Waals surface area contributed by atoms with E-state index in [0.29, 0.717) is 49.1 Å². The molecular formula is C25H24N4O5. The molecule has 2 amide bonds. The molecule has 0 atom stereocenters. The Morgan fingerprint density at radius 1 is 0.882 bits per heavy atom. The van der Waals surface area contributed by atoms with Crippen molar-refractivity contribution in [1.29, 1.82) is 0 Å². The zero-order chi connectivity index (χ0) is 23.8. The van der Waals surface area contributed by atoms with Crippen LogP contribution in [0.2, 0.25) is 0 Å². The first kappa shape index (κ1) is 21.7. The van der Waals surface area contributed by atoms with E-state index < -0.39 is 11.8 Å². The number of amides is 2. The Labute approximate surface area is 195 Å². The molecule has 5 rings (SSSR count). The van der Waals surface area contributed by atoms with Crippen LogP contribution in [0.5, 0.6) is 5.75 Å². The quantitative estimate of drug-likeness (QED) is 0.586. The molecule has 0 aliphatic carbocycles. The van der Waals surface area contributed by atoms with Gasteiger partial charge in [-0.25, -0.2) is 9.58 Å². The number of methoxy groups -OCH3 is 1. The van der Waals surface area contributed by atoms with Crippen LogP contribution in [-0.2, 0) is 14.3 Å².